The van der Waals surface area contributed by atoms with E-state index in [2.05, 4.69) is 0 Å². The SMILES string of the molecule is CN(CCN(C)CC(=O)ON1C(=O)CCC1=O)CCN(CC(=O)O)CC(=O)O. The van der Waals surface area contributed by atoms with Gasteiger partial charge in [-0.25, -0.2) is 4.79 Å². The zero-order valence-electron chi connectivity index (χ0n) is 16.0. The fourth-order valence-electron chi connectivity index (χ4n) is 2.45. The highest BCUT2D eigenvalue weighted by molar-refractivity contribution is 6.01. The van der Waals surface area contributed by atoms with E-state index in [1.807, 2.05) is 4.90 Å². The smallest absolute Gasteiger partial charge is 0.347 e. The Hall–Kier alpha value is -2.57. The van der Waals surface area contributed by atoms with Gasteiger partial charge in [-0.2, -0.15) is 0 Å². The number of carboxylic acid groups (broad SMARTS) is 2. The number of hydrogen-bond donors (Lipinski definition) is 2. The Balaban J connectivity index is 2.30. The summed E-state index contributed by atoms with van der Waals surface area (Å²) in [6.07, 6.45) is 0.0705. The topological polar surface area (TPSA) is 148 Å². The molecule has 0 spiro atoms. The molecule has 1 heterocycles. The number of amides is 2. The zero-order chi connectivity index (χ0) is 21.3. The van der Waals surface area contributed by atoms with Crippen molar-refractivity contribution in [3.63, 3.8) is 0 Å². The summed E-state index contributed by atoms with van der Waals surface area (Å²) in [6, 6.07) is 0. The number of hydrogen-bond acceptors (Lipinski definition) is 9. The zero-order valence-corrected chi connectivity index (χ0v) is 16.0. The highest BCUT2D eigenvalue weighted by atomic mass is 16.7. The minimum Gasteiger partial charge on any atom is -0.480 e. The molecule has 0 bridgehead atoms. The van der Waals surface area contributed by atoms with E-state index < -0.39 is 29.7 Å². The normalized spacial score (nSPS) is 14.4. The Bertz CT molecular complexity index is 579. The number of nitrogens with zero attached hydrogens (tertiary/aromatic N) is 4. The molecular weight excluding hydrogens is 376 g/mol. The van der Waals surface area contributed by atoms with Crippen molar-refractivity contribution in [1.82, 2.24) is 19.8 Å². The van der Waals surface area contributed by atoms with Crippen molar-refractivity contribution < 1.29 is 39.0 Å². The third kappa shape index (κ3) is 8.88. The van der Waals surface area contributed by atoms with Gasteiger partial charge in [-0.05, 0) is 14.1 Å². The molecule has 0 atom stereocenters. The van der Waals surface area contributed by atoms with Crippen LogP contribution in [0.15, 0.2) is 0 Å². The van der Waals surface area contributed by atoms with E-state index in [1.54, 1.807) is 19.0 Å². The molecule has 12 heteroatoms. The van der Waals surface area contributed by atoms with Crippen LogP contribution in [0.4, 0.5) is 0 Å². The molecule has 2 amide bonds. The average Bonchev–Trinajstić information content (AvgIpc) is 2.88. The number of rotatable bonds is 13. The third-order valence-electron chi connectivity index (χ3n) is 3.98. The Morgan fingerprint density at radius 2 is 1.32 bits per heavy atom. The van der Waals surface area contributed by atoms with E-state index in [4.69, 9.17) is 15.1 Å². The molecule has 0 aromatic heterocycles. The fourth-order valence-corrected chi connectivity index (χ4v) is 2.45. The second-order valence-corrected chi connectivity index (χ2v) is 6.58. The number of aliphatic carboxylic acids is 2. The van der Waals surface area contributed by atoms with Gasteiger partial charge in [0.1, 0.15) is 0 Å². The maximum atomic E-state index is 11.8. The first-order valence-corrected chi connectivity index (χ1v) is 8.68. The lowest BCUT2D eigenvalue weighted by Crippen LogP contribution is -2.42. The lowest BCUT2D eigenvalue weighted by Gasteiger charge is -2.24. The molecule has 1 aliphatic rings. The summed E-state index contributed by atoms with van der Waals surface area (Å²) < 4.78 is 0. The largest absolute Gasteiger partial charge is 0.480 e. The molecule has 158 valence electrons. The Morgan fingerprint density at radius 3 is 1.82 bits per heavy atom. The predicted octanol–water partition coefficient (Wildman–Crippen LogP) is -2.07. The van der Waals surface area contributed by atoms with E-state index in [1.165, 1.54) is 4.90 Å². The summed E-state index contributed by atoms with van der Waals surface area (Å²) in [4.78, 5) is 65.8. The van der Waals surface area contributed by atoms with Gasteiger partial charge in [0.15, 0.2) is 0 Å². The van der Waals surface area contributed by atoms with E-state index in [0.717, 1.165) is 0 Å². The summed E-state index contributed by atoms with van der Waals surface area (Å²) >= 11 is 0. The van der Waals surface area contributed by atoms with Crippen LogP contribution in [-0.2, 0) is 28.8 Å². The quantitative estimate of drug-likeness (QED) is 0.327. The number of imide groups is 1. The van der Waals surface area contributed by atoms with Crippen LogP contribution in [0.1, 0.15) is 12.8 Å². The summed E-state index contributed by atoms with van der Waals surface area (Å²) in [7, 11) is 3.46. The van der Waals surface area contributed by atoms with Crippen molar-refractivity contribution in [1.29, 1.82) is 0 Å². The molecule has 0 aliphatic carbocycles. The molecule has 0 saturated carbocycles. The molecule has 1 aliphatic heterocycles. The molecule has 1 rings (SSSR count). The van der Waals surface area contributed by atoms with E-state index in [9.17, 15) is 24.0 Å². The van der Waals surface area contributed by atoms with E-state index in [-0.39, 0.29) is 39.0 Å². The van der Waals surface area contributed by atoms with Crippen molar-refractivity contribution in [2.45, 2.75) is 12.8 Å². The molecular formula is C16H26N4O8. The van der Waals surface area contributed by atoms with Gasteiger partial charge < -0.3 is 20.0 Å². The summed E-state index contributed by atoms with van der Waals surface area (Å²) in [5.74, 6) is -3.99. The van der Waals surface area contributed by atoms with E-state index in [0.29, 0.717) is 24.7 Å². The molecule has 0 radical (unpaired) electrons. The monoisotopic (exact) mass is 402 g/mol. The number of likely N-dealkylation sites (N-methyl/N-ethyl adjacent to an activating group) is 2. The van der Waals surface area contributed by atoms with E-state index >= 15 is 0 Å². The lowest BCUT2D eigenvalue weighted by molar-refractivity contribution is -0.198. The Morgan fingerprint density at radius 1 is 0.857 bits per heavy atom. The van der Waals surface area contributed by atoms with Crippen LogP contribution in [0.3, 0.4) is 0 Å². The second-order valence-electron chi connectivity index (χ2n) is 6.58. The van der Waals surface area contributed by atoms with Gasteiger partial charge in [0, 0.05) is 39.0 Å². The first kappa shape index (κ1) is 23.5. The maximum Gasteiger partial charge on any atom is 0.347 e. The molecule has 2 N–H and O–H groups in total. The first-order valence-electron chi connectivity index (χ1n) is 8.68. The van der Waals surface area contributed by atoms with Crippen LogP contribution in [-0.4, -0.2) is 120 Å². The van der Waals surface area contributed by atoms with Crippen LogP contribution in [0.25, 0.3) is 0 Å². The van der Waals surface area contributed by atoms with Gasteiger partial charge in [0.25, 0.3) is 11.8 Å². The highest BCUT2D eigenvalue weighted by Gasteiger charge is 2.32. The molecule has 28 heavy (non-hydrogen) atoms. The van der Waals surface area contributed by atoms with Gasteiger partial charge in [-0.3, -0.25) is 29.0 Å². The van der Waals surface area contributed by atoms with Gasteiger partial charge in [0.2, 0.25) is 0 Å². The number of hydroxylamine groups is 2. The maximum absolute atomic E-state index is 11.8. The minimum atomic E-state index is -1.10. The van der Waals surface area contributed by atoms with Crippen molar-refractivity contribution >= 4 is 29.7 Å². The molecule has 1 fully saturated rings. The average molecular weight is 402 g/mol. The molecule has 0 aromatic carbocycles. The number of carbonyl (C=O) groups excluding carboxylic acids is 3. The molecule has 1 saturated heterocycles. The lowest BCUT2D eigenvalue weighted by atomic mass is 10.4. The van der Waals surface area contributed by atoms with Crippen LogP contribution in [0.5, 0.6) is 0 Å². The summed E-state index contributed by atoms with van der Waals surface area (Å²) in [5, 5.41) is 18.1. The first-order chi connectivity index (χ1) is 13.1. The van der Waals surface area contributed by atoms with Crippen LogP contribution < -0.4 is 0 Å². The van der Waals surface area contributed by atoms with Crippen molar-refractivity contribution in [3.8, 4) is 0 Å². The Labute approximate surface area is 162 Å². The predicted molar refractivity (Wildman–Crippen MR) is 93.9 cm³/mol. The number of carbonyl (C=O) groups is 5. The minimum absolute atomic E-state index is 0.0352. The van der Waals surface area contributed by atoms with Gasteiger partial charge >= 0.3 is 17.9 Å². The van der Waals surface area contributed by atoms with Crippen LogP contribution in [0.2, 0.25) is 0 Å². The van der Waals surface area contributed by atoms with Gasteiger partial charge in [-0.15, -0.1) is 5.06 Å². The molecule has 12 nitrogen and oxygen atoms in total. The van der Waals surface area contributed by atoms with Crippen molar-refractivity contribution in [2.75, 3.05) is 59.9 Å². The van der Waals surface area contributed by atoms with Gasteiger partial charge in [-0.1, -0.05) is 0 Å². The third-order valence-corrected chi connectivity index (χ3v) is 3.98. The second kappa shape index (κ2) is 11.3. The summed E-state index contributed by atoms with van der Waals surface area (Å²) in [5.41, 5.74) is 0. The van der Waals surface area contributed by atoms with Crippen LogP contribution in [0, 0.1) is 0 Å². The molecule has 0 aromatic rings. The van der Waals surface area contributed by atoms with Crippen molar-refractivity contribution in [3.05, 3.63) is 0 Å². The Kier molecular flexibility index (Phi) is 9.48. The molecule has 0 unspecified atom stereocenters. The summed E-state index contributed by atoms with van der Waals surface area (Å²) in [6.45, 7) is 0.856. The highest BCUT2D eigenvalue weighted by Crippen LogP contribution is 2.12. The van der Waals surface area contributed by atoms with Gasteiger partial charge in [0.05, 0.1) is 19.6 Å². The van der Waals surface area contributed by atoms with Crippen molar-refractivity contribution in [2.24, 2.45) is 0 Å². The standard InChI is InChI=1S/C16H26N4O8/c1-17(7-8-19(9-14(23)24)10-15(25)26)5-6-18(2)11-16(27)28-20-12(21)3-4-13(20)22/h3-11H2,1-2H3,(H,23,24)(H,25,26). The fraction of sp³-hybridized carbons (Fsp3) is 0.688. The van der Waals surface area contributed by atoms with Crippen LogP contribution >= 0.6 is 0 Å². The number of carboxylic acids is 2.